The standard InChI is InChI=1S/C15H13N/c1-12-8-9-16(11-12)15-7-6-13-4-2-3-5-14(13)10-15/h2-11H,1H3. The average molecular weight is 207 g/mol. The smallest absolute Gasteiger partial charge is 0.0455 e. The molecule has 0 N–H and O–H groups in total. The summed E-state index contributed by atoms with van der Waals surface area (Å²) in [5.41, 5.74) is 2.50. The Balaban J connectivity index is 2.18. The molecule has 0 spiro atoms. The Bertz CT molecular complexity index is 634. The maximum atomic E-state index is 2.22. The Hall–Kier alpha value is -2.02. The van der Waals surface area contributed by atoms with Gasteiger partial charge >= 0.3 is 0 Å². The molecule has 0 aliphatic rings. The molecule has 1 aromatic heterocycles. The highest BCUT2D eigenvalue weighted by Crippen LogP contribution is 2.18. The highest BCUT2D eigenvalue weighted by atomic mass is 14.9. The Morgan fingerprint density at radius 2 is 1.69 bits per heavy atom. The van der Waals surface area contributed by atoms with Gasteiger partial charge in [-0.1, -0.05) is 30.3 Å². The van der Waals surface area contributed by atoms with E-state index in [-0.39, 0.29) is 0 Å². The van der Waals surface area contributed by atoms with Crippen LogP contribution >= 0.6 is 0 Å². The predicted octanol–water partition coefficient (Wildman–Crippen LogP) is 3.94. The Labute approximate surface area is 95.0 Å². The SMILES string of the molecule is Cc1ccn(-c2ccc3ccccc3c2)c1. The largest absolute Gasteiger partial charge is 0.324 e. The third-order valence-electron chi connectivity index (χ3n) is 2.87. The molecular formula is C15H13N. The quantitative estimate of drug-likeness (QED) is 0.569. The average Bonchev–Trinajstić information content (AvgIpc) is 2.75. The van der Waals surface area contributed by atoms with Crippen LogP contribution in [-0.2, 0) is 0 Å². The van der Waals surface area contributed by atoms with Gasteiger partial charge in [0.2, 0.25) is 0 Å². The number of aryl methyl sites for hydroxylation is 1. The molecule has 0 unspecified atom stereocenters. The second kappa shape index (κ2) is 3.53. The zero-order valence-electron chi connectivity index (χ0n) is 9.22. The molecule has 1 heterocycles. The zero-order valence-corrected chi connectivity index (χ0v) is 9.22. The van der Waals surface area contributed by atoms with E-state index in [4.69, 9.17) is 0 Å². The second-order valence-corrected chi connectivity index (χ2v) is 4.13. The van der Waals surface area contributed by atoms with Gasteiger partial charge in [0.25, 0.3) is 0 Å². The normalized spacial score (nSPS) is 10.8. The van der Waals surface area contributed by atoms with E-state index >= 15 is 0 Å². The third kappa shape index (κ3) is 1.50. The summed E-state index contributed by atoms with van der Waals surface area (Å²) in [6.07, 6.45) is 4.24. The number of benzene rings is 2. The van der Waals surface area contributed by atoms with Crippen LogP contribution in [0.4, 0.5) is 0 Å². The van der Waals surface area contributed by atoms with E-state index in [1.165, 1.54) is 22.0 Å². The van der Waals surface area contributed by atoms with Crippen LogP contribution in [0.5, 0.6) is 0 Å². The molecule has 0 saturated carbocycles. The summed E-state index contributed by atoms with van der Waals surface area (Å²) < 4.78 is 2.15. The van der Waals surface area contributed by atoms with Crippen molar-refractivity contribution in [2.24, 2.45) is 0 Å². The minimum absolute atomic E-state index is 1.21. The second-order valence-electron chi connectivity index (χ2n) is 4.13. The molecule has 0 amide bonds. The van der Waals surface area contributed by atoms with Crippen LogP contribution in [0.15, 0.2) is 60.9 Å². The number of nitrogens with zero attached hydrogens (tertiary/aromatic N) is 1. The third-order valence-corrected chi connectivity index (χ3v) is 2.87. The number of hydrogen-bond acceptors (Lipinski definition) is 0. The van der Waals surface area contributed by atoms with Crippen LogP contribution in [0.25, 0.3) is 16.5 Å². The first kappa shape index (κ1) is 9.22. The Morgan fingerprint density at radius 1 is 0.875 bits per heavy atom. The molecule has 1 nitrogen and oxygen atoms in total. The molecule has 78 valence electrons. The maximum Gasteiger partial charge on any atom is 0.0455 e. The lowest BCUT2D eigenvalue weighted by Gasteiger charge is -2.04. The monoisotopic (exact) mass is 207 g/mol. The van der Waals surface area contributed by atoms with Gasteiger partial charge in [-0.15, -0.1) is 0 Å². The molecule has 0 aliphatic heterocycles. The van der Waals surface area contributed by atoms with E-state index in [1.54, 1.807) is 0 Å². The van der Waals surface area contributed by atoms with Crippen LogP contribution in [0, 0.1) is 6.92 Å². The summed E-state index contributed by atoms with van der Waals surface area (Å²) in [6.45, 7) is 2.11. The van der Waals surface area contributed by atoms with Gasteiger partial charge in [0, 0.05) is 18.1 Å². The van der Waals surface area contributed by atoms with Crippen molar-refractivity contribution in [3.05, 3.63) is 66.5 Å². The molecule has 3 rings (SSSR count). The fourth-order valence-electron chi connectivity index (χ4n) is 2.00. The van der Waals surface area contributed by atoms with E-state index in [0.29, 0.717) is 0 Å². The fourth-order valence-corrected chi connectivity index (χ4v) is 2.00. The van der Waals surface area contributed by atoms with Crippen molar-refractivity contribution in [1.82, 2.24) is 4.57 Å². The minimum atomic E-state index is 1.21. The summed E-state index contributed by atoms with van der Waals surface area (Å²) in [7, 11) is 0. The van der Waals surface area contributed by atoms with E-state index < -0.39 is 0 Å². The highest BCUT2D eigenvalue weighted by Gasteiger charge is 1.98. The van der Waals surface area contributed by atoms with E-state index in [0.717, 1.165) is 0 Å². The molecule has 3 aromatic rings. The van der Waals surface area contributed by atoms with Gasteiger partial charge < -0.3 is 4.57 Å². The Kier molecular flexibility index (Phi) is 2.03. The lowest BCUT2D eigenvalue weighted by Crippen LogP contribution is -1.88. The highest BCUT2D eigenvalue weighted by molar-refractivity contribution is 5.84. The lowest BCUT2D eigenvalue weighted by molar-refractivity contribution is 1.08. The molecule has 0 atom stereocenters. The summed E-state index contributed by atoms with van der Waals surface area (Å²) in [5, 5.41) is 2.57. The molecule has 0 fully saturated rings. The van der Waals surface area contributed by atoms with Gasteiger partial charge in [-0.3, -0.25) is 0 Å². The molecule has 0 radical (unpaired) electrons. The van der Waals surface area contributed by atoms with Crippen LogP contribution in [-0.4, -0.2) is 4.57 Å². The van der Waals surface area contributed by atoms with Crippen LogP contribution in [0.1, 0.15) is 5.56 Å². The molecule has 16 heavy (non-hydrogen) atoms. The van der Waals surface area contributed by atoms with Gasteiger partial charge in [0.1, 0.15) is 0 Å². The van der Waals surface area contributed by atoms with Gasteiger partial charge in [-0.2, -0.15) is 0 Å². The first-order chi connectivity index (χ1) is 7.83. The summed E-state index contributed by atoms with van der Waals surface area (Å²) in [6, 6.07) is 17.1. The number of rotatable bonds is 1. The van der Waals surface area contributed by atoms with E-state index in [2.05, 4.69) is 72.4 Å². The van der Waals surface area contributed by atoms with Crippen LogP contribution < -0.4 is 0 Å². The fraction of sp³-hybridized carbons (Fsp3) is 0.0667. The predicted molar refractivity (Wildman–Crippen MR) is 68.0 cm³/mol. The van der Waals surface area contributed by atoms with Crippen molar-refractivity contribution >= 4 is 10.8 Å². The molecule has 2 aromatic carbocycles. The van der Waals surface area contributed by atoms with Gasteiger partial charge in [0.05, 0.1) is 0 Å². The first-order valence-electron chi connectivity index (χ1n) is 5.47. The maximum absolute atomic E-state index is 2.22. The van der Waals surface area contributed by atoms with Crippen molar-refractivity contribution in [2.45, 2.75) is 6.92 Å². The lowest BCUT2D eigenvalue weighted by atomic mass is 10.1. The van der Waals surface area contributed by atoms with Gasteiger partial charge in [-0.25, -0.2) is 0 Å². The molecule has 1 heteroatoms. The summed E-state index contributed by atoms with van der Waals surface area (Å²) >= 11 is 0. The first-order valence-corrected chi connectivity index (χ1v) is 5.47. The van der Waals surface area contributed by atoms with E-state index in [9.17, 15) is 0 Å². The van der Waals surface area contributed by atoms with Crippen LogP contribution in [0.3, 0.4) is 0 Å². The minimum Gasteiger partial charge on any atom is -0.324 e. The van der Waals surface area contributed by atoms with Crippen molar-refractivity contribution < 1.29 is 0 Å². The topological polar surface area (TPSA) is 4.93 Å². The van der Waals surface area contributed by atoms with Crippen molar-refractivity contribution in [2.75, 3.05) is 0 Å². The van der Waals surface area contributed by atoms with Crippen molar-refractivity contribution in [3.8, 4) is 5.69 Å². The molecule has 0 saturated heterocycles. The van der Waals surface area contributed by atoms with E-state index in [1.807, 2.05) is 0 Å². The van der Waals surface area contributed by atoms with Crippen molar-refractivity contribution in [1.29, 1.82) is 0 Å². The molecule has 0 bridgehead atoms. The van der Waals surface area contributed by atoms with Gasteiger partial charge in [0.15, 0.2) is 0 Å². The van der Waals surface area contributed by atoms with Crippen LogP contribution in [0.2, 0.25) is 0 Å². The molecule has 0 aliphatic carbocycles. The summed E-state index contributed by atoms with van der Waals surface area (Å²) in [4.78, 5) is 0. The summed E-state index contributed by atoms with van der Waals surface area (Å²) in [5.74, 6) is 0. The number of fused-ring (bicyclic) bond motifs is 1. The Morgan fingerprint density at radius 3 is 2.44 bits per heavy atom. The molecular weight excluding hydrogens is 194 g/mol. The number of hydrogen-bond donors (Lipinski definition) is 0. The number of aromatic nitrogens is 1. The zero-order chi connectivity index (χ0) is 11.0. The van der Waals surface area contributed by atoms with Crippen molar-refractivity contribution in [3.63, 3.8) is 0 Å². The van der Waals surface area contributed by atoms with Gasteiger partial charge in [-0.05, 0) is 41.5 Å².